The van der Waals surface area contributed by atoms with Crippen LogP contribution in [0.2, 0.25) is 0 Å². The summed E-state index contributed by atoms with van der Waals surface area (Å²) in [5.74, 6) is -0.0111. The van der Waals surface area contributed by atoms with Crippen LogP contribution >= 0.6 is 0 Å². The molecule has 4 nitrogen and oxygen atoms in total. The summed E-state index contributed by atoms with van der Waals surface area (Å²) in [6.45, 7) is 8.61. The molecule has 2 aromatic rings. The van der Waals surface area contributed by atoms with E-state index in [0.29, 0.717) is 19.4 Å². The average molecular weight is 435 g/mol. The Hall–Kier alpha value is -2.62. The molecule has 0 saturated heterocycles. The topological polar surface area (TPSA) is 49.4 Å². The van der Waals surface area contributed by atoms with Crippen molar-refractivity contribution in [2.45, 2.75) is 91.3 Å². The number of hydrogen-bond donors (Lipinski definition) is 1. The summed E-state index contributed by atoms with van der Waals surface area (Å²) in [4.78, 5) is 28.7. The zero-order valence-electron chi connectivity index (χ0n) is 20.1. The van der Waals surface area contributed by atoms with Gasteiger partial charge in [-0.2, -0.15) is 0 Å². The first-order chi connectivity index (χ1) is 15.4. The van der Waals surface area contributed by atoms with E-state index in [-0.39, 0.29) is 17.9 Å². The first kappa shape index (κ1) is 24.0. The van der Waals surface area contributed by atoms with Gasteiger partial charge in [0.05, 0.1) is 6.42 Å². The maximum atomic E-state index is 13.6. The first-order valence-corrected chi connectivity index (χ1v) is 12.1. The summed E-state index contributed by atoms with van der Waals surface area (Å²) >= 11 is 0. The molecule has 1 N–H and O–H groups in total. The van der Waals surface area contributed by atoms with E-state index >= 15 is 0 Å². The quantitative estimate of drug-likeness (QED) is 0.604. The highest BCUT2D eigenvalue weighted by Gasteiger charge is 2.30. The molecule has 4 heteroatoms. The molecule has 0 spiro atoms. The predicted molar refractivity (Wildman–Crippen MR) is 130 cm³/mol. The zero-order chi connectivity index (χ0) is 23.1. The summed E-state index contributed by atoms with van der Waals surface area (Å²) < 4.78 is 0. The van der Waals surface area contributed by atoms with Crippen molar-refractivity contribution in [1.82, 2.24) is 10.2 Å². The van der Waals surface area contributed by atoms with E-state index in [0.717, 1.165) is 40.7 Å². The largest absolute Gasteiger partial charge is 0.352 e. The SMILES string of the molecule is CC[C@@H](C(=O)NC1CCCCC1)N(Cc1cccc(C)c1)C(=O)Cc1cc(C)cc(C)c1. The smallest absolute Gasteiger partial charge is 0.243 e. The molecule has 0 bridgehead atoms. The summed E-state index contributed by atoms with van der Waals surface area (Å²) in [5, 5.41) is 3.25. The van der Waals surface area contributed by atoms with Crippen LogP contribution in [0, 0.1) is 20.8 Å². The van der Waals surface area contributed by atoms with Crippen molar-refractivity contribution in [2.75, 3.05) is 0 Å². The Morgan fingerprint density at radius 1 is 0.938 bits per heavy atom. The minimum Gasteiger partial charge on any atom is -0.352 e. The highest BCUT2D eigenvalue weighted by atomic mass is 16.2. The molecule has 3 rings (SSSR count). The fourth-order valence-corrected chi connectivity index (χ4v) is 4.92. The highest BCUT2D eigenvalue weighted by molar-refractivity contribution is 5.88. The molecule has 1 aliphatic carbocycles. The molecule has 0 unspecified atom stereocenters. The summed E-state index contributed by atoms with van der Waals surface area (Å²) in [6, 6.07) is 14.2. The van der Waals surface area contributed by atoms with Gasteiger partial charge in [0.2, 0.25) is 11.8 Å². The van der Waals surface area contributed by atoms with E-state index in [9.17, 15) is 9.59 Å². The van der Waals surface area contributed by atoms with Crippen LogP contribution in [0.3, 0.4) is 0 Å². The van der Waals surface area contributed by atoms with Gasteiger partial charge in [0.25, 0.3) is 0 Å². The monoisotopic (exact) mass is 434 g/mol. The van der Waals surface area contributed by atoms with Gasteiger partial charge in [-0.1, -0.05) is 85.3 Å². The molecular formula is C28H38N2O2. The normalized spacial score (nSPS) is 15.2. The third-order valence-electron chi connectivity index (χ3n) is 6.41. The van der Waals surface area contributed by atoms with Gasteiger partial charge in [-0.25, -0.2) is 0 Å². The third kappa shape index (κ3) is 6.69. The molecular weight excluding hydrogens is 396 g/mol. The van der Waals surface area contributed by atoms with Crippen molar-refractivity contribution in [1.29, 1.82) is 0 Å². The van der Waals surface area contributed by atoms with Crippen molar-refractivity contribution >= 4 is 11.8 Å². The number of benzene rings is 2. The molecule has 2 amide bonds. The first-order valence-electron chi connectivity index (χ1n) is 12.1. The molecule has 1 saturated carbocycles. The van der Waals surface area contributed by atoms with E-state index in [1.165, 1.54) is 19.3 Å². The number of carbonyl (C=O) groups is 2. The van der Waals surface area contributed by atoms with Crippen molar-refractivity contribution < 1.29 is 9.59 Å². The molecule has 0 aromatic heterocycles. The van der Waals surface area contributed by atoms with Crippen molar-refractivity contribution in [3.8, 4) is 0 Å². The predicted octanol–water partition coefficient (Wildman–Crippen LogP) is 5.41. The van der Waals surface area contributed by atoms with E-state index in [1.54, 1.807) is 4.90 Å². The number of nitrogens with one attached hydrogen (secondary N) is 1. The minimum atomic E-state index is -0.462. The number of carbonyl (C=O) groups excluding carboxylic acids is 2. The van der Waals surface area contributed by atoms with Crippen LogP contribution < -0.4 is 5.32 Å². The second-order valence-electron chi connectivity index (χ2n) is 9.45. The molecule has 0 aliphatic heterocycles. The van der Waals surface area contributed by atoms with E-state index in [4.69, 9.17) is 0 Å². The van der Waals surface area contributed by atoms with Gasteiger partial charge in [-0.3, -0.25) is 9.59 Å². The lowest BCUT2D eigenvalue weighted by Crippen LogP contribution is -2.52. The fourth-order valence-electron chi connectivity index (χ4n) is 4.92. The Kier molecular flexibility index (Phi) is 8.49. The lowest BCUT2D eigenvalue weighted by molar-refractivity contribution is -0.141. The maximum Gasteiger partial charge on any atom is 0.243 e. The number of aryl methyl sites for hydroxylation is 3. The number of nitrogens with zero attached hydrogens (tertiary/aromatic N) is 1. The Morgan fingerprint density at radius 3 is 2.22 bits per heavy atom. The molecule has 1 fully saturated rings. The lowest BCUT2D eigenvalue weighted by Gasteiger charge is -2.33. The van der Waals surface area contributed by atoms with Crippen LogP contribution in [0.25, 0.3) is 0 Å². The van der Waals surface area contributed by atoms with Crippen LogP contribution in [0.1, 0.15) is 73.3 Å². The molecule has 0 radical (unpaired) electrons. The Bertz CT molecular complexity index is 911. The van der Waals surface area contributed by atoms with Gasteiger partial charge in [-0.05, 0) is 51.2 Å². The molecule has 1 atom stereocenters. The van der Waals surface area contributed by atoms with Gasteiger partial charge in [0, 0.05) is 12.6 Å². The highest BCUT2D eigenvalue weighted by Crippen LogP contribution is 2.20. The second-order valence-corrected chi connectivity index (χ2v) is 9.45. The van der Waals surface area contributed by atoms with Gasteiger partial charge >= 0.3 is 0 Å². The average Bonchev–Trinajstić information content (AvgIpc) is 2.73. The van der Waals surface area contributed by atoms with Crippen LogP contribution in [0.5, 0.6) is 0 Å². The van der Waals surface area contributed by atoms with Crippen LogP contribution in [0.15, 0.2) is 42.5 Å². The maximum absolute atomic E-state index is 13.6. The van der Waals surface area contributed by atoms with E-state index < -0.39 is 6.04 Å². The minimum absolute atomic E-state index is 0.00199. The summed E-state index contributed by atoms with van der Waals surface area (Å²) in [6.07, 6.45) is 6.57. The Balaban J connectivity index is 1.83. The van der Waals surface area contributed by atoms with Gasteiger partial charge < -0.3 is 10.2 Å². The molecule has 0 heterocycles. The molecule has 32 heavy (non-hydrogen) atoms. The number of hydrogen-bond acceptors (Lipinski definition) is 2. The van der Waals surface area contributed by atoms with Gasteiger partial charge in [0.1, 0.15) is 6.04 Å². The standard InChI is InChI=1S/C28H38N2O2/c1-5-26(28(32)29-25-12-7-6-8-13-25)30(19-23-11-9-10-20(2)15-23)27(31)18-24-16-21(3)14-22(4)17-24/h9-11,14-17,25-26H,5-8,12-13,18-19H2,1-4H3,(H,29,32)/t26-/m0/s1. The van der Waals surface area contributed by atoms with Crippen LogP contribution in [0.4, 0.5) is 0 Å². The van der Waals surface area contributed by atoms with E-state index in [1.807, 2.05) is 19.1 Å². The van der Waals surface area contributed by atoms with Crippen LogP contribution in [-0.4, -0.2) is 28.8 Å². The van der Waals surface area contributed by atoms with Crippen molar-refractivity contribution in [3.63, 3.8) is 0 Å². The van der Waals surface area contributed by atoms with Crippen molar-refractivity contribution in [3.05, 3.63) is 70.3 Å². The van der Waals surface area contributed by atoms with Crippen molar-refractivity contribution in [2.24, 2.45) is 0 Å². The van der Waals surface area contributed by atoms with Gasteiger partial charge in [0.15, 0.2) is 0 Å². The molecule has 2 aromatic carbocycles. The second kappa shape index (κ2) is 11.3. The number of rotatable bonds is 8. The Morgan fingerprint density at radius 2 is 1.59 bits per heavy atom. The lowest BCUT2D eigenvalue weighted by atomic mass is 9.95. The Labute approximate surface area is 193 Å². The summed E-state index contributed by atoms with van der Waals surface area (Å²) in [7, 11) is 0. The van der Waals surface area contributed by atoms with E-state index in [2.05, 4.69) is 56.4 Å². The van der Waals surface area contributed by atoms with Gasteiger partial charge in [-0.15, -0.1) is 0 Å². The van der Waals surface area contributed by atoms with Crippen LogP contribution in [-0.2, 0) is 22.6 Å². The third-order valence-corrected chi connectivity index (χ3v) is 6.41. The summed E-state index contributed by atoms with van der Waals surface area (Å²) in [5.41, 5.74) is 5.52. The number of amides is 2. The zero-order valence-corrected chi connectivity index (χ0v) is 20.1. The molecule has 172 valence electrons. The molecule has 1 aliphatic rings. The fraction of sp³-hybridized carbons (Fsp3) is 0.500.